The van der Waals surface area contributed by atoms with E-state index in [1.54, 1.807) is 0 Å². The third kappa shape index (κ3) is 4.40. The van der Waals surface area contributed by atoms with Crippen LogP contribution < -0.4 is 0 Å². The maximum atomic E-state index is 10.5. The highest BCUT2D eigenvalue weighted by Gasteiger charge is 2.35. The monoisotopic (exact) mass is 263 g/mol. The van der Waals surface area contributed by atoms with Crippen molar-refractivity contribution in [2.75, 3.05) is 26.9 Å². The maximum absolute atomic E-state index is 10.5. The molecular weight excluding hydrogens is 242 g/mol. The number of hydrogen-bond acceptors (Lipinski definition) is 6. The van der Waals surface area contributed by atoms with Gasteiger partial charge in [-0.1, -0.05) is 6.92 Å². The van der Waals surface area contributed by atoms with Gasteiger partial charge in [-0.05, 0) is 18.8 Å². The van der Waals surface area contributed by atoms with Crippen molar-refractivity contribution in [3.05, 3.63) is 10.1 Å². The molecule has 1 fully saturated rings. The number of nitrogens with zero attached hydrogens (tertiary/aromatic N) is 1. The van der Waals surface area contributed by atoms with Crippen LogP contribution in [0.1, 0.15) is 19.8 Å². The summed E-state index contributed by atoms with van der Waals surface area (Å²) < 4.78 is 10.3. The quantitative estimate of drug-likeness (QED) is 0.558. The SMILES string of the molecule is COCCC(O[N+](=O)[O-])C1COCCC(O)C1C. The molecule has 0 aliphatic carbocycles. The topological polar surface area (TPSA) is 91.1 Å². The Morgan fingerprint density at radius 2 is 2.33 bits per heavy atom. The predicted octanol–water partition coefficient (Wildman–Crippen LogP) is 0.633. The molecule has 0 aromatic carbocycles. The van der Waals surface area contributed by atoms with E-state index in [1.165, 1.54) is 7.11 Å². The second-order valence-electron chi connectivity index (χ2n) is 4.60. The zero-order chi connectivity index (χ0) is 13.5. The molecule has 4 atom stereocenters. The van der Waals surface area contributed by atoms with Gasteiger partial charge in [0.15, 0.2) is 0 Å². The second-order valence-corrected chi connectivity index (χ2v) is 4.60. The Hall–Kier alpha value is -0.920. The Kier molecular flexibility index (Phi) is 6.31. The third-order valence-corrected chi connectivity index (χ3v) is 3.46. The number of aliphatic hydroxyl groups is 1. The first kappa shape index (κ1) is 15.1. The Morgan fingerprint density at radius 3 is 2.94 bits per heavy atom. The van der Waals surface area contributed by atoms with Crippen molar-refractivity contribution in [2.24, 2.45) is 11.8 Å². The number of hydrogen-bond donors (Lipinski definition) is 1. The molecule has 0 spiro atoms. The maximum Gasteiger partial charge on any atom is 0.294 e. The molecule has 1 heterocycles. The summed E-state index contributed by atoms with van der Waals surface area (Å²) in [6, 6.07) is 0. The van der Waals surface area contributed by atoms with Crippen LogP contribution in [0.25, 0.3) is 0 Å². The molecule has 0 saturated carbocycles. The van der Waals surface area contributed by atoms with Gasteiger partial charge in [0.05, 0.1) is 12.7 Å². The second kappa shape index (κ2) is 7.50. The lowest BCUT2D eigenvalue weighted by molar-refractivity contribution is -0.771. The van der Waals surface area contributed by atoms with E-state index in [0.29, 0.717) is 32.7 Å². The van der Waals surface area contributed by atoms with Crippen LogP contribution in [0.2, 0.25) is 0 Å². The lowest BCUT2D eigenvalue weighted by Gasteiger charge is -2.30. The standard InChI is InChI=1S/C11H21NO6/c1-8-9(7-17-6-3-10(8)13)11(4-5-16-2)18-12(14)15/h8-11,13H,3-7H2,1-2H3. The fourth-order valence-corrected chi connectivity index (χ4v) is 2.26. The molecule has 18 heavy (non-hydrogen) atoms. The third-order valence-electron chi connectivity index (χ3n) is 3.46. The van der Waals surface area contributed by atoms with Crippen molar-refractivity contribution in [1.29, 1.82) is 0 Å². The highest BCUT2D eigenvalue weighted by Crippen LogP contribution is 2.28. The largest absolute Gasteiger partial charge is 0.393 e. The fraction of sp³-hybridized carbons (Fsp3) is 1.00. The van der Waals surface area contributed by atoms with E-state index in [9.17, 15) is 15.2 Å². The van der Waals surface area contributed by atoms with Gasteiger partial charge in [-0.15, -0.1) is 10.1 Å². The molecule has 7 heteroatoms. The Bertz CT molecular complexity index is 262. The van der Waals surface area contributed by atoms with Gasteiger partial charge in [0.25, 0.3) is 5.09 Å². The summed E-state index contributed by atoms with van der Waals surface area (Å²) in [5.74, 6) is -0.308. The van der Waals surface area contributed by atoms with Crippen LogP contribution >= 0.6 is 0 Å². The minimum atomic E-state index is -0.787. The molecule has 1 rings (SSSR count). The van der Waals surface area contributed by atoms with Gasteiger partial charge in [0.1, 0.15) is 6.10 Å². The van der Waals surface area contributed by atoms with E-state index in [4.69, 9.17) is 14.3 Å². The van der Waals surface area contributed by atoms with E-state index in [-0.39, 0.29) is 11.8 Å². The van der Waals surface area contributed by atoms with E-state index in [1.807, 2.05) is 6.92 Å². The smallest absolute Gasteiger partial charge is 0.294 e. The molecule has 0 aromatic heterocycles. The van der Waals surface area contributed by atoms with E-state index in [0.717, 1.165) is 0 Å². The minimum Gasteiger partial charge on any atom is -0.393 e. The van der Waals surface area contributed by atoms with E-state index < -0.39 is 17.3 Å². The van der Waals surface area contributed by atoms with Gasteiger partial charge < -0.3 is 19.4 Å². The number of aliphatic hydroxyl groups excluding tert-OH is 1. The van der Waals surface area contributed by atoms with Gasteiger partial charge in [0, 0.05) is 26.2 Å². The summed E-state index contributed by atoms with van der Waals surface area (Å²) in [5, 5.41) is 19.6. The highest BCUT2D eigenvalue weighted by molar-refractivity contribution is 4.81. The van der Waals surface area contributed by atoms with Crippen LogP contribution in [-0.4, -0.2) is 49.3 Å². The Balaban J connectivity index is 2.70. The molecule has 7 nitrogen and oxygen atoms in total. The van der Waals surface area contributed by atoms with Gasteiger partial charge in [-0.2, -0.15) is 0 Å². The Morgan fingerprint density at radius 1 is 1.61 bits per heavy atom. The first-order chi connectivity index (χ1) is 8.56. The molecule has 0 aromatic rings. The first-order valence-electron chi connectivity index (χ1n) is 6.12. The summed E-state index contributed by atoms with van der Waals surface area (Å²) >= 11 is 0. The lowest BCUT2D eigenvalue weighted by atomic mass is 9.84. The average Bonchev–Trinajstić information content (AvgIpc) is 2.48. The van der Waals surface area contributed by atoms with Crippen LogP contribution in [0.5, 0.6) is 0 Å². The van der Waals surface area contributed by atoms with Crippen molar-refractivity contribution < 1.29 is 24.5 Å². The van der Waals surface area contributed by atoms with Gasteiger partial charge >= 0.3 is 0 Å². The average molecular weight is 263 g/mol. The summed E-state index contributed by atoms with van der Waals surface area (Å²) in [6.45, 7) is 3.07. The van der Waals surface area contributed by atoms with Crippen LogP contribution in [0.15, 0.2) is 0 Å². The van der Waals surface area contributed by atoms with Gasteiger partial charge in [-0.25, -0.2) is 0 Å². The van der Waals surface area contributed by atoms with Gasteiger partial charge in [0.2, 0.25) is 0 Å². The van der Waals surface area contributed by atoms with Crippen LogP contribution in [0.3, 0.4) is 0 Å². The van der Waals surface area contributed by atoms with Gasteiger partial charge in [-0.3, -0.25) is 0 Å². The van der Waals surface area contributed by atoms with E-state index >= 15 is 0 Å². The first-order valence-corrected chi connectivity index (χ1v) is 6.12. The molecule has 0 amide bonds. The molecule has 1 aliphatic heterocycles. The van der Waals surface area contributed by atoms with Crippen molar-refractivity contribution in [1.82, 2.24) is 0 Å². The lowest BCUT2D eigenvalue weighted by Crippen LogP contribution is -2.38. The van der Waals surface area contributed by atoms with Crippen LogP contribution in [0.4, 0.5) is 0 Å². The molecule has 106 valence electrons. The number of rotatable bonds is 6. The zero-order valence-corrected chi connectivity index (χ0v) is 10.8. The van der Waals surface area contributed by atoms with Crippen molar-refractivity contribution in [2.45, 2.75) is 32.0 Å². The molecule has 0 radical (unpaired) electrons. The summed E-state index contributed by atoms with van der Waals surface area (Å²) in [6.07, 6.45) is -0.170. The van der Waals surface area contributed by atoms with Crippen LogP contribution in [-0.2, 0) is 14.3 Å². The van der Waals surface area contributed by atoms with Crippen molar-refractivity contribution >= 4 is 0 Å². The summed E-state index contributed by atoms with van der Waals surface area (Å²) in [7, 11) is 1.53. The number of methoxy groups -OCH3 is 1. The zero-order valence-electron chi connectivity index (χ0n) is 10.8. The predicted molar refractivity (Wildman–Crippen MR) is 62.5 cm³/mol. The van der Waals surface area contributed by atoms with Crippen molar-refractivity contribution in [3.8, 4) is 0 Å². The minimum absolute atomic E-state index is 0.102. The molecule has 1 aliphatic rings. The summed E-state index contributed by atoms with van der Waals surface area (Å²) in [5.41, 5.74) is 0. The normalized spacial score (nSPS) is 30.5. The van der Waals surface area contributed by atoms with Crippen LogP contribution in [0, 0.1) is 22.0 Å². The molecule has 4 unspecified atom stereocenters. The Labute approximate surface area is 106 Å². The van der Waals surface area contributed by atoms with Crippen molar-refractivity contribution in [3.63, 3.8) is 0 Å². The molecule has 1 saturated heterocycles. The number of ether oxygens (including phenoxy) is 2. The highest BCUT2D eigenvalue weighted by atomic mass is 17.0. The molecule has 0 bridgehead atoms. The fourth-order valence-electron chi connectivity index (χ4n) is 2.26. The summed E-state index contributed by atoms with van der Waals surface area (Å²) in [4.78, 5) is 15.2. The molecular formula is C11H21NO6. The molecule has 1 N–H and O–H groups in total. The van der Waals surface area contributed by atoms with E-state index in [2.05, 4.69) is 0 Å².